The molecule has 1 aliphatic rings. The minimum Gasteiger partial charge on any atom is -0.464 e. The Bertz CT molecular complexity index is 740. The molecule has 0 saturated heterocycles. The Morgan fingerprint density at radius 3 is 2.70 bits per heavy atom. The maximum Gasteiger partial charge on any atom is 0.134 e. The topological polar surface area (TPSA) is 16.4 Å². The molecular formula is C17H13NOS. The lowest BCUT2D eigenvalue weighted by Crippen LogP contribution is -2.20. The largest absolute Gasteiger partial charge is 0.464 e. The first-order chi connectivity index (χ1) is 9.93. The SMILES string of the molecule is C1=C(c2ccco2)c2ccsc2N(c2ccccc2)C1. The van der Waals surface area contributed by atoms with Gasteiger partial charge in [0.15, 0.2) is 0 Å². The van der Waals surface area contributed by atoms with Gasteiger partial charge in [-0.2, -0.15) is 0 Å². The van der Waals surface area contributed by atoms with Crippen LogP contribution in [0, 0.1) is 0 Å². The Labute approximate surface area is 121 Å². The van der Waals surface area contributed by atoms with E-state index in [9.17, 15) is 0 Å². The lowest BCUT2D eigenvalue weighted by Gasteiger charge is -2.27. The lowest BCUT2D eigenvalue weighted by atomic mass is 10.0. The summed E-state index contributed by atoms with van der Waals surface area (Å²) in [6.45, 7) is 0.869. The van der Waals surface area contributed by atoms with Gasteiger partial charge in [-0.1, -0.05) is 24.3 Å². The van der Waals surface area contributed by atoms with Gasteiger partial charge in [-0.15, -0.1) is 11.3 Å². The second-order valence-electron chi connectivity index (χ2n) is 4.68. The minimum absolute atomic E-state index is 0.869. The van der Waals surface area contributed by atoms with Gasteiger partial charge in [0.05, 0.1) is 6.26 Å². The van der Waals surface area contributed by atoms with Crippen molar-refractivity contribution in [3.05, 3.63) is 77.6 Å². The second kappa shape index (κ2) is 4.69. The Kier molecular flexibility index (Phi) is 2.71. The van der Waals surface area contributed by atoms with Crippen LogP contribution in [0.5, 0.6) is 0 Å². The van der Waals surface area contributed by atoms with Crippen LogP contribution in [-0.4, -0.2) is 6.54 Å². The highest BCUT2D eigenvalue weighted by atomic mass is 32.1. The van der Waals surface area contributed by atoms with Crippen LogP contribution in [0.3, 0.4) is 0 Å². The smallest absolute Gasteiger partial charge is 0.134 e. The van der Waals surface area contributed by atoms with Gasteiger partial charge in [0.25, 0.3) is 0 Å². The lowest BCUT2D eigenvalue weighted by molar-refractivity contribution is 0.553. The van der Waals surface area contributed by atoms with Gasteiger partial charge in [-0.25, -0.2) is 0 Å². The molecule has 0 aliphatic carbocycles. The number of para-hydroxylation sites is 1. The maximum atomic E-state index is 5.56. The molecule has 0 amide bonds. The van der Waals surface area contributed by atoms with Gasteiger partial charge in [0, 0.05) is 23.4 Å². The zero-order chi connectivity index (χ0) is 13.4. The Morgan fingerprint density at radius 1 is 1.00 bits per heavy atom. The fraction of sp³-hybridized carbons (Fsp3) is 0.0588. The summed E-state index contributed by atoms with van der Waals surface area (Å²) in [4.78, 5) is 2.34. The van der Waals surface area contributed by atoms with E-state index in [1.807, 2.05) is 18.2 Å². The van der Waals surface area contributed by atoms with Crippen LogP contribution in [-0.2, 0) is 0 Å². The number of rotatable bonds is 2. The molecule has 1 aromatic carbocycles. The zero-order valence-electron chi connectivity index (χ0n) is 10.8. The predicted octanol–water partition coefficient (Wildman–Crippen LogP) is 4.92. The summed E-state index contributed by atoms with van der Waals surface area (Å²) < 4.78 is 5.56. The fourth-order valence-corrected chi connectivity index (χ4v) is 3.53. The molecule has 0 bridgehead atoms. The number of hydrogen-bond acceptors (Lipinski definition) is 3. The van der Waals surface area contributed by atoms with E-state index in [-0.39, 0.29) is 0 Å². The molecule has 2 nitrogen and oxygen atoms in total. The fourth-order valence-electron chi connectivity index (χ4n) is 2.59. The standard InChI is InChI=1S/C17H13NOS/c1-2-5-13(6-3-1)18-10-8-14(16-7-4-11-19-16)15-9-12-20-17(15)18/h1-9,11-12H,10H2. The maximum absolute atomic E-state index is 5.56. The average molecular weight is 279 g/mol. The van der Waals surface area contributed by atoms with E-state index in [4.69, 9.17) is 4.42 Å². The van der Waals surface area contributed by atoms with Gasteiger partial charge in [-0.05, 0) is 35.7 Å². The molecule has 0 saturated carbocycles. The van der Waals surface area contributed by atoms with Gasteiger partial charge in [0.2, 0.25) is 0 Å². The quantitative estimate of drug-likeness (QED) is 0.661. The molecule has 20 heavy (non-hydrogen) atoms. The van der Waals surface area contributed by atoms with Crippen LogP contribution in [0.15, 0.2) is 70.7 Å². The third-order valence-electron chi connectivity index (χ3n) is 3.51. The molecule has 0 radical (unpaired) electrons. The Hall–Kier alpha value is -2.26. The van der Waals surface area contributed by atoms with E-state index in [2.05, 4.69) is 46.7 Å². The second-order valence-corrected chi connectivity index (χ2v) is 5.58. The predicted molar refractivity (Wildman–Crippen MR) is 83.6 cm³/mol. The zero-order valence-corrected chi connectivity index (χ0v) is 11.6. The summed E-state index contributed by atoms with van der Waals surface area (Å²) in [5, 5.41) is 3.42. The molecule has 0 fully saturated rings. The van der Waals surface area contributed by atoms with E-state index in [0.29, 0.717) is 0 Å². The van der Waals surface area contributed by atoms with Crippen LogP contribution < -0.4 is 4.90 Å². The van der Waals surface area contributed by atoms with Gasteiger partial charge in [0.1, 0.15) is 10.8 Å². The summed E-state index contributed by atoms with van der Waals surface area (Å²) in [6.07, 6.45) is 3.96. The van der Waals surface area contributed by atoms with Gasteiger partial charge >= 0.3 is 0 Å². The third kappa shape index (κ3) is 1.79. The summed E-state index contributed by atoms with van der Waals surface area (Å²) in [6, 6.07) is 16.6. The Morgan fingerprint density at radius 2 is 1.90 bits per heavy atom. The molecule has 1 aliphatic heterocycles. The highest BCUT2D eigenvalue weighted by molar-refractivity contribution is 7.14. The molecule has 3 aromatic rings. The number of fused-ring (bicyclic) bond motifs is 1. The number of benzene rings is 1. The van der Waals surface area contributed by atoms with Crippen LogP contribution in [0.4, 0.5) is 10.7 Å². The van der Waals surface area contributed by atoms with Crippen molar-refractivity contribution in [3.8, 4) is 0 Å². The summed E-state index contributed by atoms with van der Waals surface area (Å²) in [7, 11) is 0. The molecule has 3 heterocycles. The average Bonchev–Trinajstić information content (AvgIpc) is 3.18. The normalized spacial score (nSPS) is 14.0. The van der Waals surface area contributed by atoms with E-state index >= 15 is 0 Å². The van der Waals surface area contributed by atoms with Crippen molar-refractivity contribution >= 4 is 27.6 Å². The van der Waals surface area contributed by atoms with Crippen molar-refractivity contribution in [3.63, 3.8) is 0 Å². The van der Waals surface area contributed by atoms with E-state index in [1.54, 1.807) is 17.6 Å². The number of thiophene rings is 1. The molecule has 98 valence electrons. The van der Waals surface area contributed by atoms with Crippen LogP contribution in [0.25, 0.3) is 5.57 Å². The molecular weight excluding hydrogens is 266 g/mol. The summed E-state index contributed by atoms with van der Waals surface area (Å²) in [5.74, 6) is 0.942. The van der Waals surface area contributed by atoms with Crippen LogP contribution in [0.2, 0.25) is 0 Å². The number of nitrogens with zero attached hydrogens (tertiary/aromatic N) is 1. The van der Waals surface area contributed by atoms with E-state index in [1.165, 1.54) is 21.8 Å². The van der Waals surface area contributed by atoms with Crippen molar-refractivity contribution < 1.29 is 4.42 Å². The van der Waals surface area contributed by atoms with E-state index < -0.39 is 0 Å². The van der Waals surface area contributed by atoms with Crippen LogP contribution >= 0.6 is 11.3 Å². The third-order valence-corrected chi connectivity index (χ3v) is 4.45. The highest BCUT2D eigenvalue weighted by Gasteiger charge is 2.23. The first-order valence-corrected chi connectivity index (χ1v) is 7.46. The number of furan rings is 1. The van der Waals surface area contributed by atoms with Crippen molar-refractivity contribution in [2.75, 3.05) is 11.4 Å². The summed E-state index contributed by atoms with van der Waals surface area (Å²) >= 11 is 1.77. The Balaban J connectivity index is 1.80. The number of hydrogen-bond donors (Lipinski definition) is 0. The summed E-state index contributed by atoms with van der Waals surface area (Å²) in [5.41, 5.74) is 3.67. The van der Waals surface area contributed by atoms with Crippen molar-refractivity contribution in [2.24, 2.45) is 0 Å². The van der Waals surface area contributed by atoms with E-state index in [0.717, 1.165) is 12.3 Å². The van der Waals surface area contributed by atoms with Crippen molar-refractivity contribution in [1.82, 2.24) is 0 Å². The molecule has 0 atom stereocenters. The van der Waals surface area contributed by atoms with Gasteiger partial charge in [-0.3, -0.25) is 0 Å². The minimum atomic E-state index is 0.869. The van der Waals surface area contributed by atoms with Gasteiger partial charge < -0.3 is 9.32 Å². The number of anilines is 2. The van der Waals surface area contributed by atoms with Crippen molar-refractivity contribution in [2.45, 2.75) is 0 Å². The first kappa shape index (κ1) is 11.6. The molecule has 0 spiro atoms. The molecule has 3 heteroatoms. The molecule has 0 unspecified atom stereocenters. The molecule has 2 aromatic heterocycles. The molecule has 4 rings (SSSR count). The first-order valence-electron chi connectivity index (χ1n) is 6.58. The monoisotopic (exact) mass is 279 g/mol. The molecule has 0 N–H and O–H groups in total. The van der Waals surface area contributed by atoms with Crippen LogP contribution in [0.1, 0.15) is 11.3 Å². The highest BCUT2D eigenvalue weighted by Crippen LogP contribution is 2.42. The van der Waals surface area contributed by atoms with Crippen molar-refractivity contribution in [1.29, 1.82) is 0 Å².